The van der Waals surface area contributed by atoms with Crippen molar-refractivity contribution < 1.29 is 9.22 Å². The van der Waals surface area contributed by atoms with Gasteiger partial charge in [-0.15, -0.1) is 0 Å². The summed E-state index contributed by atoms with van der Waals surface area (Å²) in [6.07, 6.45) is -0.119. The zero-order valence-electron chi connectivity index (χ0n) is 16.9. The van der Waals surface area contributed by atoms with Crippen molar-refractivity contribution in [2.75, 3.05) is 0 Å². The van der Waals surface area contributed by atoms with Crippen LogP contribution in [0.1, 0.15) is 48.5 Å². The number of carbonyl (C=O) groups is 1. The molecule has 1 rings (SSSR count). The van der Waals surface area contributed by atoms with E-state index in [2.05, 4.69) is 67.7 Å². The van der Waals surface area contributed by atoms with Crippen LogP contribution in [0, 0.1) is 5.92 Å². The normalized spacial score (nSPS) is 25.4. The van der Waals surface area contributed by atoms with Crippen LogP contribution in [0.25, 0.3) is 0 Å². The van der Waals surface area contributed by atoms with Gasteiger partial charge < -0.3 is 8.99 Å². The van der Waals surface area contributed by atoms with Crippen molar-refractivity contribution in [3.05, 3.63) is 0 Å². The first-order chi connectivity index (χ1) is 9.95. The number of nitrogens with zero attached hydrogens (tertiary/aromatic N) is 1. The molecule has 0 bridgehead atoms. The minimum atomic E-state index is -1.92. The van der Waals surface area contributed by atoms with E-state index in [-0.39, 0.29) is 33.5 Å². The van der Waals surface area contributed by atoms with E-state index in [1.165, 1.54) is 0 Å². The van der Waals surface area contributed by atoms with Gasteiger partial charge in [0.15, 0.2) is 16.6 Å². The first-order valence-electron chi connectivity index (χ1n) is 8.60. The van der Waals surface area contributed by atoms with Crippen LogP contribution in [-0.4, -0.2) is 38.6 Å². The minimum absolute atomic E-state index is 0.101. The number of hydrogen-bond acceptors (Lipinski definition) is 2. The van der Waals surface area contributed by atoms with Gasteiger partial charge in [0.2, 0.25) is 5.91 Å². The molecule has 0 aliphatic carbocycles. The molecule has 0 unspecified atom stereocenters. The molecule has 1 fully saturated rings. The number of β-lactam (4-membered cyclic amide) rings is 1. The maximum atomic E-state index is 12.9. The summed E-state index contributed by atoms with van der Waals surface area (Å²) in [4.78, 5) is 12.9. The molecule has 0 saturated carbocycles. The minimum Gasteiger partial charge on any atom is -0.413 e. The van der Waals surface area contributed by atoms with Gasteiger partial charge in [-0.3, -0.25) is 4.79 Å². The van der Waals surface area contributed by atoms with Crippen LogP contribution in [-0.2, 0) is 9.22 Å². The van der Waals surface area contributed by atoms with Crippen molar-refractivity contribution in [2.45, 2.75) is 96.3 Å². The fourth-order valence-corrected chi connectivity index (χ4v) is 7.33. The van der Waals surface area contributed by atoms with Gasteiger partial charge in [0.25, 0.3) is 0 Å². The van der Waals surface area contributed by atoms with Gasteiger partial charge in [-0.05, 0) is 30.1 Å². The number of alkyl halides is 1. The van der Waals surface area contributed by atoms with Crippen molar-refractivity contribution >= 4 is 34.1 Å². The van der Waals surface area contributed by atoms with Gasteiger partial charge >= 0.3 is 0 Å². The van der Waals surface area contributed by atoms with Crippen molar-refractivity contribution in [3.8, 4) is 0 Å². The van der Waals surface area contributed by atoms with Crippen molar-refractivity contribution in [1.82, 2.24) is 4.57 Å². The lowest BCUT2D eigenvalue weighted by molar-refractivity contribution is -0.149. The fraction of sp³-hybridized carbons (Fsp3) is 0.941. The molecule has 0 radical (unpaired) electrons. The molecular weight excluding hydrogens is 342 g/mol. The Morgan fingerprint density at radius 3 is 1.78 bits per heavy atom. The van der Waals surface area contributed by atoms with Gasteiger partial charge in [-0.25, -0.2) is 0 Å². The van der Waals surface area contributed by atoms with E-state index in [0.29, 0.717) is 0 Å². The zero-order valence-corrected chi connectivity index (χ0v) is 19.6. The molecule has 1 heterocycles. The molecule has 1 saturated heterocycles. The largest absolute Gasteiger partial charge is 0.413 e. The molecule has 0 aromatic carbocycles. The Morgan fingerprint density at radius 1 is 1.04 bits per heavy atom. The Balaban J connectivity index is 2.90. The van der Waals surface area contributed by atoms with Gasteiger partial charge in [-0.2, -0.15) is 0 Å². The summed E-state index contributed by atoms with van der Waals surface area (Å²) in [6, 6.07) is 0. The fourth-order valence-electron chi connectivity index (χ4n) is 2.56. The van der Waals surface area contributed by atoms with Crippen LogP contribution in [0.15, 0.2) is 0 Å². The summed E-state index contributed by atoms with van der Waals surface area (Å²) < 4.78 is 8.39. The van der Waals surface area contributed by atoms with E-state index < -0.39 is 16.6 Å². The van der Waals surface area contributed by atoms with E-state index in [4.69, 9.17) is 16.0 Å². The average Bonchev–Trinajstić information content (AvgIpc) is 2.23. The number of carbonyl (C=O) groups excluding carboxylic acids is 1. The summed E-state index contributed by atoms with van der Waals surface area (Å²) >= 11 is 6.68. The zero-order chi connectivity index (χ0) is 18.6. The number of hydrogen-bond donors (Lipinski definition) is 0. The van der Waals surface area contributed by atoms with Crippen LogP contribution in [0.4, 0.5) is 0 Å². The summed E-state index contributed by atoms with van der Waals surface area (Å²) in [7, 11) is -3.82. The Morgan fingerprint density at radius 2 is 1.48 bits per heavy atom. The third-order valence-corrected chi connectivity index (χ3v) is 16.9. The maximum Gasteiger partial charge on any atom is 0.224 e. The molecule has 3 nitrogen and oxygen atoms in total. The number of halogens is 1. The summed E-state index contributed by atoms with van der Waals surface area (Å²) in [5, 5.41) is 0.235. The third-order valence-electron chi connectivity index (χ3n) is 6.30. The summed E-state index contributed by atoms with van der Waals surface area (Å²) in [5.41, 5.74) is -0.233. The smallest absolute Gasteiger partial charge is 0.224 e. The van der Waals surface area contributed by atoms with E-state index in [0.717, 1.165) is 0 Å². The second kappa shape index (κ2) is 6.15. The maximum absolute atomic E-state index is 12.9. The second-order valence-electron chi connectivity index (χ2n) is 10.00. The molecule has 0 aromatic heterocycles. The Bertz CT molecular complexity index is 462. The van der Waals surface area contributed by atoms with E-state index in [9.17, 15) is 4.79 Å². The van der Waals surface area contributed by atoms with Gasteiger partial charge in [0, 0.05) is 0 Å². The Hall–Kier alpha value is 0.154. The standard InChI is InChI=1S/C17H36ClNO2Si2/c1-12(21-23(10,11)17(5,6)7)13-14(18)19(15(13)20)22(8,9)16(2,3)4/h12-14H,1-11H3/t12-,13-,14+/m1/s1. The van der Waals surface area contributed by atoms with Crippen LogP contribution in [0.5, 0.6) is 0 Å². The monoisotopic (exact) mass is 377 g/mol. The number of rotatable bonds is 4. The van der Waals surface area contributed by atoms with Crippen LogP contribution in [0.2, 0.25) is 36.3 Å². The highest BCUT2D eigenvalue weighted by Crippen LogP contribution is 2.48. The lowest BCUT2D eigenvalue weighted by Gasteiger charge is -2.58. The predicted molar refractivity (Wildman–Crippen MR) is 105 cm³/mol. The van der Waals surface area contributed by atoms with Gasteiger partial charge in [-0.1, -0.05) is 66.2 Å². The van der Waals surface area contributed by atoms with E-state index >= 15 is 0 Å². The first-order valence-corrected chi connectivity index (χ1v) is 14.9. The van der Waals surface area contributed by atoms with Crippen LogP contribution in [0.3, 0.4) is 0 Å². The number of amides is 1. The molecule has 1 amide bonds. The van der Waals surface area contributed by atoms with Crippen molar-refractivity contribution in [1.29, 1.82) is 0 Å². The highest BCUT2D eigenvalue weighted by atomic mass is 35.5. The molecule has 1 aliphatic rings. The lowest BCUT2D eigenvalue weighted by atomic mass is 9.96. The Kier molecular flexibility index (Phi) is 5.67. The third kappa shape index (κ3) is 3.72. The lowest BCUT2D eigenvalue weighted by Crippen LogP contribution is -2.73. The first kappa shape index (κ1) is 21.2. The van der Waals surface area contributed by atoms with Gasteiger partial charge in [0.1, 0.15) is 5.50 Å². The van der Waals surface area contributed by atoms with E-state index in [1.807, 2.05) is 11.5 Å². The topological polar surface area (TPSA) is 29.5 Å². The quantitative estimate of drug-likeness (QED) is 0.283. The Labute approximate surface area is 150 Å². The van der Waals surface area contributed by atoms with Crippen LogP contribution >= 0.6 is 11.6 Å². The van der Waals surface area contributed by atoms with Crippen molar-refractivity contribution in [2.24, 2.45) is 5.92 Å². The average molecular weight is 378 g/mol. The molecule has 23 heavy (non-hydrogen) atoms. The molecule has 0 N–H and O–H groups in total. The second-order valence-corrected chi connectivity index (χ2v) is 20.3. The summed E-state index contributed by atoms with van der Waals surface area (Å²) in [5.74, 6) is -0.0253. The highest BCUT2D eigenvalue weighted by molar-refractivity contribution is 6.80. The van der Waals surface area contributed by atoms with Crippen LogP contribution < -0.4 is 0 Å². The van der Waals surface area contributed by atoms with Crippen molar-refractivity contribution in [3.63, 3.8) is 0 Å². The summed E-state index contributed by atoms with van der Waals surface area (Å²) in [6.45, 7) is 24.2. The van der Waals surface area contributed by atoms with E-state index in [1.54, 1.807) is 0 Å². The molecular formula is C17H36ClNO2Si2. The molecule has 136 valence electrons. The highest BCUT2D eigenvalue weighted by Gasteiger charge is 2.59. The molecule has 3 atom stereocenters. The SMILES string of the molecule is C[C@@H](O[Si](C)(C)C(C)(C)C)[C@H]1C(=O)N([Si](C)(C)C(C)(C)C)[C@@H]1Cl. The predicted octanol–water partition coefficient (Wildman–Crippen LogP) is 5.43. The molecule has 6 heteroatoms. The molecule has 0 spiro atoms. The van der Waals surface area contributed by atoms with Gasteiger partial charge in [0.05, 0.1) is 12.0 Å². The molecule has 0 aromatic rings. The molecule has 1 aliphatic heterocycles.